The van der Waals surface area contributed by atoms with Gasteiger partial charge in [-0.05, 0) is 32.9 Å². The van der Waals surface area contributed by atoms with Crippen molar-refractivity contribution < 1.29 is 14.0 Å². The van der Waals surface area contributed by atoms with E-state index < -0.39 is 0 Å². The molecule has 0 aliphatic carbocycles. The Morgan fingerprint density at radius 3 is 2.56 bits per heavy atom. The van der Waals surface area contributed by atoms with Crippen molar-refractivity contribution in [3.8, 4) is 0 Å². The van der Waals surface area contributed by atoms with E-state index in [1.165, 1.54) is 0 Å². The molecular weight excluding hydrogens is 234 g/mol. The summed E-state index contributed by atoms with van der Waals surface area (Å²) in [5.41, 5.74) is 0. The summed E-state index contributed by atoms with van der Waals surface area (Å²) in [6, 6.07) is 0. The van der Waals surface area contributed by atoms with Crippen LogP contribution in [0, 0.1) is 12.8 Å². The molecule has 18 heavy (non-hydrogen) atoms. The molecular formula is C12H19N3O3. The van der Waals surface area contributed by atoms with Crippen molar-refractivity contribution in [3.63, 3.8) is 0 Å². The fourth-order valence-corrected chi connectivity index (χ4v) is 2.63. The molecule has 0 aromatic carbocycles. The molecule has 1 aromatic heterocycles. The molecule has 1 aromatic rings. The van der Waals surface area contributed by atoms with Crippen LogP contribution in [-0.4, -0.2) is 47.6 Å². The number of hydrogen-bond acceptors (Lipinski definition) is 6. The molecule has 2 fully saturated rings. The molecule has 6 heteroatoms. The number of aromatic nitrogens is 2. The van der Waals surface area contributed by atoms with E-state index in [2.05, 4.69) is 15.0 Å². The van der Waals surface area contributed by atoms with Gasteiger partial charge in [-0.1, -0.05) is 5.16 Å². The molecule has 2 saturated heterocycles. The summed E-state index contributed by atoms with van der Waals surface area (Å²) in [5, 5.41) is 3.81. The van der Waals surface area contributed by atoms with Gasteiger partial charge in [0.15, 0.2) is 12.1 Å². The Labute approximate surface area is 106 Å². The molecule has 0 bridgehead atoms. The van der Waals surface area contributed by atoms with Crippen molar-refractivity contribution in [2.75, 3.05) is 26.3 Å². The van der Waals surface area contributed by atoms with Crippen molar-refractivity contribution in [1.82, 2.24) is 15.0 Å². The molecule has 100 valence electrons. The Hall–Kier alpha value is -0.980. The van der Waals surface area contributed by atoms with Gasteiger partial charge < -0.3 is 14.0 Å². The Morgan fingerprint density at radius 1 is 1.22 bits per heavy atom. The highest BCUT2D eigenvalue weighted by Gasteiger charge is 2.30. The molecule has 3 rings (SSSR count). The summed E-state index contributed by atoms with van der Waals surface area (Å²) >= 11 is 0. The number of nitrogens with zero attached hydrogens (tertiary/aromatic N) is 3. The van der Waals surface area contributed by atoms with Crippen LogP contribution < -0.4 is 0 Å². The minimum absolute atomic E-state index is 0.0257. The van der Waals surface area contributed by atoms with Crippen LogP contribution >= 0.6 is 0 Å². The number of aryl methyl sites for hydroxylation is 1. The van der Waals surface area contributed by atoms with Crippen LogP contribution in [0.3, 0.4) is 0 Å². The molecule has 0 atom stereocenters. The molecule has 0 unspecified atom stereocenters. The Balaban J connectivity index is 1.47. The average molecular weight is 253 g/mol. The minimum Gasteiger partial charge on any atom is -0.350 e. The first-order chi connectivity index (χ1) is 8.81. The zero-order valence-electron chi connectivity index (χ0n) is 10.7. The largest absolute Gasteiger partial charge is 0.350 e. The van der Waals surface area contributed by atoms with Crippen LogP contribution in [-0.2, 0) is 16.0 Å². The minimum atomic E-state index is 0.0257. The van der Waals surface area contributed by atoms with E-state index in [4.69, 9.17) is 14.0 Å². The van der Waals surface area contributed by atoms with Crippen molar-refractivity contribution in [1.29, 1.82) is 0 Å². The second-order valence-electron chi connectivity index (χ2n) is 4.96. The maximum Gasteiger partial charge on any atom is 0.240 e. The van der Waals surface area contributed by atoms with Crippen molar-refractivity contribution in [2.24, 2.45) is 5.92 Å². The van der Waals surface area contributed by atoms with Gasteiger partial charge in [0.2, 0.25) is 5.89 Å². The average Bonchev–Trinajstić information content (AvgIpc) is 3.02. The van der Waals surface area contributed by atoms with Crippen LogP contribution in [0.2, 0.25) is 0 Å². The predicted octanol–water partition coefficient (Wildman–Crippen LogP) is 0.963. The van der Waals surface area contributed by atoms with E-state index in [9.17, 15) is 0 Å². The van der Waals surface area contributed by atoms with E-state index in [0.717, 1.165) is 45.7 Å². The van der Waals surface area contributed by atoms with Crippen LogP contribution in [0.15, 0.2) is 4.52 Å². The topological polar surface area (TPSA) is 60.6 Å². The van der Waals surface area contributed by atoms with Crippen LogP contribution in [0.4, 0.5) is 0 Å². The van der Waals surface area contributed by atoms with Crippen LogP contribution in [0.1, 0.15) is 24.6 Å². The highest BCUT2D eigenvalue weighted by Crippen LogP contribution is 2.26. The van der Waals surface area contributed by atoms with E-state index >= 15 is 0 Å². The molecule has 0 spiro atoms. The standard InChI is InChI=1S/C12H19N3O3/c1-9-13-11(18-14-9)8-15-4-2-10(3-5-15)12-16-6-7-17-12/h10,12H,2-8H2,1H3. The fraction of sp³-hybridized carbons (Fsp3) is 0.833. The number of likely N-dealkylation sites (tertiary alicyclic amines) is 1. The lowest BCUT2D eigenvalue weighted by molar-refractivity contribution is -0.0981. The molecule has 0 N–H and O–H groups in total. The maximum atomic E-state index is 5.57. The second kappa shape index (κ2) is 5.34. The fourth-order valence-electron chi connectivity index (χ4n) is 2.63. The maximum absolute atomic E-state index is 5.57. The Morgan fingerprint density at radius 2 is 1.94 bits per heavy atom. The summed E-state index contributed by atoms with van der Waals surface area (Å²) < 4.78 is 16.3. The first kappa shape index (κ1) is 12.1. The second-order valence-corrected chi connectivity index (χ2v) is 4.96. The van der Waals surface area contributed by atoms with Crippen molar-refractivity contribution >= 4 is 0 Å². The van der Waals surface area contributed by atoms with Gasteiger partial charge in [-0.25, -0.2) is 0 Å². The molecule has 2 aliphatic heterocycles. The molecule has 6 nitrogen and oxygen atoms in total. The summed E-state index contributed by atoms with van der Waals surface area (Å²) in [6.07, 6.45) is 2.24. The first-order valence-corrected chi connectivity index (χ1v) is 6.56. The lowest BCUT2D eigenvalue weighted by Gasteiger charge is -2.32. The number of piperidine rings is 1. The van der Waals surface area contributed by atoms with E-state index in [0.29, 0.717) is 17.6 Å². The third-order valence-electron chi connectivity index (χ3n) is 3.59. The number of hydrogen-bond donors (Lipinski definition) is 0. The van der Waals surface area contributed by atoms with Gasteiger partial charge in [-0.2, -0.15) is 4.98 Å². The van der Waals surface area contributed by atoms with Gasteiger partial charge >= 0.3 is 0 Å². The van der Waals surface area contributed by atoms with Crippen molar-refractivity contribution in [2.45, 2.75) is 32.6 Å². The Bertz CT molecular complexity index is 382. The highest BCUT2D eigenvalue weighted by atomic mass is 16.7. The van der Waals surface area contributed by atoms with Gasteiger partial charge in [-0.15, -0.1) is 0 Å². The van der Waals surface area contributed by atoms with Gasteiger partial charge in [0.1, 0.15) is 0 Å². The zero-order valence-corrected chi connectivity index (χ0v) is 10.7. The molecule has 3 heterocycles. The van der Waals surface area contributed by atoms with E-state index in [-0.39, 0.29) is 6.29 Å². The summed E-state index contributed by atoms with van der Waals surface area (Å²) in [6.45, 7) is 6.15. The number of ether oxygens (including phenoxy) is 2. The molecule has 0 saturated carbocycles. The van der Waals surface area contributed by atoms with E-state index in [1.54, 1.807) is 0 Å². The summed E-state index contributed by atoms with van der Waals surface area (Å²) in [7, 11) is 0. The third-order valence-corrected chi connectivity index (χ3v) is 3.59. The van der Waals surface area contributed by atoms with E-state index in [1.807, 2.05) is 6.92 Å². The summed E-state index contributed by atoms with van der Waals surface area (Å²) in [4.78, 5) is 6.58. The highest BCUT2D eigenvalue weighted by molar-refractivity contribution is 4.84. The molecule has 0 radical (unpaired) electrons. The van der Waals surface area contributed by atoms with Crippen LogP contribution in [0.5, 0.6) is 0 Å². The van der Waals surface area contributed by atoms with Gasteiger partial charge in [0.25, 0.3) is 0 Å². The third kappa shape index (κ3) is 2.71. The SMILES string of the molecule is Cc1noc(CN2CCC(C3OCCO3)CC2)n1. The quantitative estimate of drug-likeness (QED) is 0.799. The van der Waals surface area contributed by atoms with Gasteiger partial charge in [-0.3, -0.25) is 4.90 Å². The summed E-state index contributed by atoms with van der Waals surface area (Å²) in [5.74, 6) is 1.94. The van der Waals surface area contributed by atoms with Gasteiger partial charge in [0, 0.05) is 5.92 Å². The molecule has 0 amide bonds. The number of rotatable bonds is 3. The monoisotopic (exact) mass is 253 g/mol. The molecule has 2 aliphatic rings. The van der Waals surface area contributed by atoms with Crippen LogP contribution in [0.25, 0.3) is 0 Å². The normalized spacial score (nSPS) is 23.8. The lowest BCUT2D eigenvalue weighted by atomic mass is 9.96. The zero-order chi connectivity index (χ0) is 12.4. The first-order valence-electron chi connectivity index (χ1n) is 6.56. The Kier molecular flexibility index (Phi) is 3.58. The smallest absolute Gasteiger partial charge is 0.240 e. The predicted molar refractivity (Wildman–Crippen MR) is 62.7 cm³/mol. The van der Waals surface area contributed by atoms with Gasteiger partial charge in [0.05, 0.1) is 19.8 Å². The van der Waals surface area contributed by atoms with Crippen molar-refractivity contribution in [3.05, 3.63) is 11.7 Å². The lowest BCUT2D eigenvalue weighted by Crippen LogP contribution is -2.37.